The SMILES string of the molecule is Sc1c(S)c2nc3nc(nc4[nH]c(nc5nc(nc1[nH]2)C(c1ccccc1)=C5c1ccccc1)c(-c1ccccc1)c4-c1ccccc1)C(c1ccccc1)=C3c1ccccc1. The molecule has 0 atom stereocenters. The Bertz CT molecular complexity index is 3160. The van der Waals surface area contributed by atoms with Gasteiger partial charge in [-0.25, -0.2) is 29.9 Å². The Morgan fingerprint density at radius 3 is 0.758 bits per heavy atom. The molecule has 0 radical (unpaired) electrons. The number of aromatic amines is 2. The molecule has 2 aliphatic rings. The lowest BCUT2D eigenvalue weighted by molar-refractivity contribution is 1.10. The first-order valence-corrected chi connectivity index (χ1v) is 21.0. The van der Waals surface area contributed by atoms with E-state index in [9.17, 15) is 0 Å². The number of fused-ring (bicyclic) bond motifs is 8. The molecular formula is C52H34N8S2. The second kappa shape index (κ2) is 15.7. The van der Waals surface area contributed by atoms with E-state index in [1.165, 1.54) is 0 Å². The zero-order valence-electron chi connectivity index (χ0n) is 32.9. The third-order valence-electron chi connectivity index (χ3n) is 10.9. The van der Waals surface area contributed by atoms with Gasteiger partial charge in [0.1, 0.15) is 22.6 Å². The Labute approximate surface area is 367 Å². The highest BCUT2D eigenvalue weighted by Crippen LogP contribution is 2.43. The molecule has 6 aromatic carbocycles. The molecule has 0 aliphatic carbocycles. The summed E-state index contributed by atoms with van der Waals surface area (Å²) in [4.78, 5) is 40.2. The van der Waals surface area contributed by atoms with Crippen LogP contribution in [-0.2, 0) is 0 Å². The molecule has 10 heteroatoms. The average molecular weight is 835 g/mol. The van der Waals surface area contributed by atoms with Crippen LogP contribution in [0.2, 0.25) is 0 Å². The van der Waals surface area contributed by atoms with Gasteiger partial charge in [0.2, 0.25) is 0 Å². The normalized spacial score (nSPS) is 12.5. The van der Waals surface area contributed by atoms with Gasteiger partial charge in [0.05, 0.1) is 9.79 Å². The summed E-state index contributed by atoms with van der Waals surface area (Å²) in [6.45, 7) is 0. The molecule has 294 valence electrons. The van der Waals surface area contributed by atoms with Crippen LogP contribution in [0.15, 0.2) is 192 Å². The fourth-order valence-electron chi connectivity index (χ4n) is 8.16. The maximum absolute atomic E-state index is 5.51. The first-order valence-electron chi connectivity index (χ1n) is 20.1. The van der Waals surface area contributed by atoms with Crippen LogP contribution in [0.4, 0.5) is 0 Å². The number of aromatic nitrogens is 8. The Kier molecular flexibility index (Phi) is 9.48. The number of rotatable bonds is 6. The second-order valence-corrected chi connectivity index (χ2v) is 15.6. The van der Waals surface area contributed by atoms with Crippen LogP contribution in [0.5, 0.6) is 0 Å². The van der Waals surface area contributed by atoms with Crippen molar-refractivity contribution in [3.63, 3.8) is 0 Å². The molecule has 0 unspecified atom stereocenters. The molecule has 0 fully saturated rings. The summed E-state index contributed by atoms with van der Waals surface area (Å²) in [7, 11) is 0. The Balaban J connectivity index is 1.36. The topological polar surface area (TPSA) is 109 Å². The van der Waals surface area contributed by atoms with E-state index < -0.39 is 0 Å². The molecule has 2 N–H and O–H groups in total. The van der Waals surface area contributed by atoms with Gasteiger partial charge in [0.25, 0.3) is 0 Å². The Morgan fingerprint density at radius 1 is 0.258 bits per heavy atom. The fourth-order valence-corrected chi connectivity index (χ4v) is 8.59. The number of benzene rings is 6. The maximum Gasteiger partial charge on any atom is 0.165 e. The second-order valence-electron chi connectivity index (χ2n) is 14.8. The molecular weight excluding hydrogens is 801 g/mol. The third-order valence-corrected chi connectivity index (χ3v) is 12.0. The van der Waals surface area contributed by atoms with Gasteiger partial charge in [-0.2, -0.15) is 0 Å². The largest absolute Gasteiger partial charge is 0.324 e. The van der Waals surface area contributed by atoms with Gasteiger partial charge in [-0.1, -0.05) is 182 Å². The molecule has 2 aliphatic heterocycles. The van der Waals surface area contributed by atoms with Gasteiger partial charge in [-0.3, -0.25) is 0 Å². The first-order chi connectivity index (χ1) is 30.6. The highest BCUT2D eigenvalue weighted by molar-refractivity contribution is 7.83. The average Bonchev–Trinajstić information content (AvgIpc) is 4.06. The minimum atomic E-state index is 0.449. The van der Waals surface area contributed by atoms with Crippen molar-refractivity contribution < 1.29 is 0 Å². The van der Waals surface area contributed by atoms with E-state index in [0.29, 0.717) is 55.7 Å². The summed E-state index contributed by atoms with van der Waals surface area (Å²) in [5, 5.41) is 0. The lowest BCUT2D eigenvalue weighted by Crippen LogP contribution is -1.94. The molecule has 0 saturated heterocycles. The van der Waals surface area contributed by atoms with Crippen molar-refractivity contribution in [2.24, 2.45) is 0 Å². The van der Waals surface area contributed by atoms with Crippen LogP contribution in [0.3, 0.4) is 0 Å². The van der Waals surface area contributed by atoms with Crippen LogP contribution < -0.4 is 0 Å². The van der Waals surface area contributed by atoms with Crippen LogP contribution >= 0.6 is 25.3 Å². The molecule has 3 aromatic heterocycles. The summed E-state index contributed by atoms with van der Waals surface area (Å²) >= 11 is 9.92. The minimum Gasteiger partial charge on any atom is -0.324 e. The van der Waals surface area contributed by atoms with Crippen LogP contribution in [0, 0.1) is 0 Å². The first kappa shape index (κ1) is 37.3. The summed E-state index contributed by atoms with van der Waals surface area (Å²) in [6, 6.07) is 61.3. The standard InChI is InChI=1S/C52H34N8S2/c61-43-44(62)52-59-50-42(36-29-17-6-18-30-36)40(34-25-13-4-14-26-34)48(57-50)55-46-38(32-21-9-2-10-22-32)37(31-19-7-1-8-20-31)45(53-46)54-47-39(33-23-11-3-12-24-33)41(35-27-15-5-16-28-35)49(56-47)58-51(43)60-52/h1-30,61-62H,(H2,53,54,55,56,57,58,59,60). The molecule has 8 bridgehead atoms. The summed E-state index contributed by atoms with van der Waals surface area (Å²) in [5.74, 6) is 1.89. The zero-order valence-corrected chi connectivity index (χ0v) is 34.7. The molecule has 0 amide bonds. The summed E-state index contributed by atoms with van der Waals surface area (Å²) in [5.41, 5.74) is 12.8. The van der Waals surface area contributed by atoms with E-state index in [1.54, 1.807) is 0 Å². The lowest BCUT2D eigenvalue weighted by atomic mass is 9.95. The number of hydrogen-bond donors (Lipinski definition) is 4. The van der Waals surface area contributed by atoms with Crippen molar-refractivity contribution in [3.8, 4) is 22.3 Å². The van der Waals surface area contributed by atoms with E-state index in [0.717, 1.165) is 66.8 Å². The van der Waals surface area contributed by atoms with Crippen molar-refractivity contribution in [2.75, 3.05) is 0 Å². The van der Waals surface area contributed by atoms with Gasteiger partial charge in [0, 0.05) is 33.4 Å². The van der Waals surface area contributed by atoms with Gasteiger partial charge in [-0.05, 0) is 33.4 Å². The molecule has 62 heavy (non-hydrogen) atoms. The maximum atomic E-state index is 5.51. The van der Waals surface area contributed by atoms with Crippen molar-refractivity contribution in [1.82, 2.24) is 39.9 Å². The fraction of sp³-hybridized carbons (Fsp3) is 0. The number of thiol groups is 2. The quantitative estimate of drug-likeness (QED) is 0.124. The van der Waals surface area contributed by atoms with Crippen LogP contribution in [-0.4, -0.2) is 39.9 Å². The molecule has 8 nitrogen and oxygen atoms in total. The van der Waals surface area contributed by atoms with Crippen LogP contribution in [0.25, 0.3) is 67.1 Å². The lowest BCUT2D eigenvalue weighted by Gasteiger charge is -2.08. The number of hydrogen-bond acceptors (Lipinski definition) is 8. The molecule has 5 heterocycles. The minimum absolute atomic E-state index is 0.449. The van der Waals surface area contributed by atoms with Gasteiger partial charge < -0.3 is 9.97 Å². The number of nitrogens with zero attached hydrogens (tertiary/aromatic N) is 6. The van der Waals surface area contributed by atoms with E-state index in [2.05, 4.69) is 82.8 Å². The smallest absolute Gasteiger partial charge is 0.165 e. The van der Waals surface area contributed by atoms with E-state index in [-0.39, 0.29) is 0 Å². The molecule has 0 saturated carbocycles. The Hall–Kier alpha value is -7.66. The highest BCUT2D eigenvalue weighted by Gasteiger charge is 2.29. The Morgan fingerprint density at radius 2 is 0.484 bits per heavy atom. The van der Waals surface area contributed by atoms with E-state index in [4.69, 9.17) is 55.2 Å². The molecule has 11 rings (SSSR count). The summed E-state index contributed by atoms with van der Waals surface area (Å²) < 4.78 is 0. The molecule has 0 spiro atoms. The monoisotopic (exact) mass is 834 g/mol. The van der Waals surface area contributed by atoms with E-state index >= 15 is 0 Å². The predicted octanol–water partition coefficient (Wildman–Crippen LogP) is 11.8. The highest BCUT2D eigenvalue weighted by atomic mass is 32.1. The zero-order chi connectivity index (χ0) is 41.6. The van der Waals surface area contributed by atoms with E-state index in [1.807, 2.05) is 109 Å². The van der Waals surface area contributed by atoms with Gasteiger partial charge in [-0.15, -0.1) is 25.3 Å². The van der Waals surface area contributed by atoms with Gasteiger partial charge >= 0.3 is 0 Å². The number of nitrogens with one attached hydrogen (secondary N) is 2. The van der Waals surface area contributed by atoms with Crippen LogP contribution in [0.1, 0.15) is 45.6 Å². The predicted molar refractivity (Wildman–Crippen MR) is 253 cm³/mol. The van der Waals surface area contributed by atoms with Gasteiger partial charge in [0.15, 0.2) is 23.3 Å². The number of H-pyrrole nitrogens is 2. The van der Waals surface area contributed by atoms with Crippen molar-refractivity contribution in [1.29, 1.82) is 0 Å². The van der Waals surface area contributed by atoms with Crippen molar-refractivity contribution in [2.45, 2.75) is 9.79 Å². The molecule has 9 aromatic rings. The third kappa shape index (κ3) is 6.62. The summed E-state index contributed by atoms with van der Waals surface area (Å²) in [6.07, 6.45) is 0. The van der Waals surface area contributed by atoms with Crippen molar-refractivity contribution >= 4 is 70.1 Å². The van der Waals surface area contributed by atoms with Crippen molar-refractivity contribution in [3.05, 3.63) is 228 Å².